The second kappa shape index (κ2) is 10.6. The second-order valence-electron chi connectivity index (χ2n) is 9.04. The molecule has 2 aromatic carbocycles. The van der Waals surface area contributed by atoms with E-state index in [1.54, 1.807) is 42.1 Å². The van der Waals surface area contributed by atoms with E-state index in [1.807, 2.05) is 76.9 Å². The number of benzene rings is 2. The Bertz CT molecular complexity index is 1920. The minimum absolute atomic E-state index is 0.247. The molecule has 0 saturated heterocycles. The zero-order valence-electron chi connectivity index (χ0n) is 21.9. The van der Waals surface area contributed by atoms with Gasteiger partial charge in [-0.25, -0.2) is 14.5 Å². The Morgan fingerprint density at radius 3 is 2.48 bits per heavy atom. The summed E-state index contributed by atoms with van der Waals surface area (Å²) in [5.74, 6) is 0.147. The summed E-state index contributed by atoms with van der Waals surface area (Å²) < 4.78 is 14.3. The summed E-state index contributed by atoms with van der Waals surface area (Å²) in [5.41, 5.74) is 3.84. The number of esters is 1. The van der Waals surface area contributed by atoms with Crippen LogP contribution in [0.15, 0.2) is 99.4 Å². The standard InChI is InChI=1S/C30H24N4O4S2/c1-18-25(29(36)38-3)27(19-11-13-22(37-2)14-12-19)34-28(35)24(40-30(34)31-18)16-20-17-33(21-8-5-4-6-9-21)32-26(20)23-10-7-15-39-23/h4-17,27H,1-3H3/b24-16-/t27-/m1/s1. The quantitative estimate of drug-likeness (QED) is 0.285. The number of hydrogen-bond donors (Lipinski definition) is 0. The minimum atomic E-state index is -0.694. The van der Waals surface area contributed by atoms with Gasteiger partial charge in [-0.3, -0.25) is 9.36 Å². The molecule has 4 heterocycles. The second-order valence-corrected chi connectivity index (χ2v) is 11.0. The zero-order valence-corrected chi connectivity index (χ0v) is 23.5. The zero-order chi connectivity index (χ0) is 27.8. The van der Waals surface area contributed by atoms with E-state index >= 15 is 0 Å². The van der Waals surface area contributed by atoms with Gasteiger partial charge in [0.2, 0.25) is 0 Å². The molecule has 0 N–H and O–H groups in total. The average Bonchev–Trinajstić information content (AvgIpc) is 3.73. The summed E-state index contributed by atoms with van der Waals surface area (Å²) in [4.78, 5) is 33.1. The molecule has 0 spiro atoms. The average molecular weight is 569 g/mol. The normalized spacial score (nSPS) is 15.1. The lowest BCUT2D eigenvalue weighted by atomic mass is 9.96. The molecule has 5 aromatic rings. The highest BCUT2D eigenvalue weighted by Gasteiger charge is 2.33. The molecule has 1 atom stereocenters. The Labute approximate surface area is 237 Å². The van der Waals surface area contributed by atoms with E-state index in [9.17, 15) is 9.59 Å². The van der Waals surface area contributed by atoms with E-state index < -0.39 is 12.0 Å². The summed E-state index contributed by atoms with van der Waals surface area (Å²) in [6.07, 6.45) is 3.78. The van der Waals surface area contributed by atoms with Crippen LogP contribution in [-0.4, -0.2) is 34.5 Å². The van der Waals surface area contributed by atoms with Gasteiger partial charge in [0.1, 0.15) is 11.4 Å². The molecule has 0 saturated carbocycles. The van der Waals surface area contributed by atoms with Crippen molar-refractivity contribution in [3.05, 3.63) is 120 Å². The van der Waals surface area contributed by atoms with Crippen LogP contribution < -0.4 is 19.6 Å². The van der Waals surface area contributed by atoms with Gasteiger partial charge >= 0.3 is 5.97 Å². The molecule has 0 radical (unpaired) electrons. The SMILES string of the molecule is COC(=O)C1=C(C)N=c2s/c(=C\c3cn(-c4ccccc4)nc3-c3cccs3)c(=O)n2[C@@H]1c1ccc(OC)cc1. The van der Waals surface area contributed by atoms with E-state index in [-0.39, 0.29) is 5.56 Å². The molecule has 0 bridgehead atoms. The van der Waals surface area contributed by atoms with Crippen LogP contribution in [0.4, 0.5) is 0 Å². The van der Waals surface area contributed by atoms with Gasteiger partial charge in [0.05, 0.1) is 46.6 Å². The number of hydrogen-bond acceptors (Lipinski definition) is 8. The minimum Gasteiger partial charge on any atom is -0.497 e. The number of methoxy groups -OCH3 is 2. The number of para-hydroxylation sites is 1. The first kappa shape index (κ1) is 25.7. The van der Waals surface area contributed by atoms with E-state index in [0.717, 1.165) is 27.4 Å². The molecule has 1 aliphatic rings. The lowest BCUT2D eigenvalue weighted by Crippen LogP contribution is -2.39. The highest BCUT2D eigenvalue weighted by molar-refractivity contribution is 7.13. The summed E-state index contributed by atoms with van der Waals surface area (Å²) >= 11 is 2.87. The number of thiophene rings is 1. The topological polar surface area (TPSA) is 87.7 Å². The number of aromatic nitrogens is 3. The largest absolute Gasteiger partial charge is 0.497 e. The summed E-state index contributed by atoms with van der Waals surface area (Å²) in [7, 11) is 2.92. The fourth-order valence-corrected chi connectivity index (χ4v) is 6.51. The van der Waals surface area contributed by atoms with Crippen molar-refractivity contribution in [2.75, 3.05) is 14.2 Å². The fourth-order valence-electron chi connectivity index (χ4n) is 4.75. The lowest BCUT2D eigenvalue weighted by molar-refractivity contribution is -0.136. The first-order valence-corrected chi connectivity index (χ1v) is 14.1. The summed E-state index contributed by atoms with van der Waals surface area (Å²) in [6, 6.07) is 20.4. The van der Waals surface area contributed by atoms with Crippen molar-refractivity contribution in [3.63, 3.8) is 0 Å². The maximum atomic E-state index is 14.0. The van der Waals surface area contributed by atoms with Crippen molar-refractivity contribution >= 4 is 34.7 Å². The molecular formula is C30H24N4O4S2. The molecule has 8 nitrogen and oxygen atoms in total. The summed E-state index contributed by atoms with van der Waals surface area (Å²) in [6.45, 7) is 1.76. The van der Waals surface area contributed by atoms with Gasteiger partial charge in [0.25, 0.3) is 5.56 Å². The van der Waals surface area contributed by atoms with E-state index in [1.165, 1.54) is 18.4 Å². The maximum absolute atomic E-state index is 14.0. The van der Waals surface area contributed by atoms with Crippen molar-refractivity contribution in [1.82, 2.24) is 14.3 Å². The third kappa shape index (κ3) is 4.51. The molecule has 3 aromatic heterocycles. The Hall–Kier alpha value is -4.54. The van der Waals surface area contributed by atoms with Crippen LogP contribution in [0.3, 0.4) is 0 Å². The van der Waals surface area contributed by atoms with Gasteiger partial charge in [0, 0.05) is 11.8 Å². The molecule has 40 heavy (non-hydrogen) atoms. The van der Waals surface area contributed by atoms with Gasteiger partial charge in [-0.1, -0.05) is 47.7 Å². The molecule has 10 heteroatoms. The summed E-state index contributed by atoms with van der Waals surface area (Å²) in [5, 5.41) is 6.86. The number of rotatable bonds is 6. The van der Waals surface area contributed by atoms with Crippen LogP contribution >= 0.6 is 22.7 Å². The number of ether oxygens (including phenoxy) is 2. The molecule has 1 aliphatic heterocycles. The first-order chi connectivity index (χ1) is 19.5. The van der Waals surface area contributed by atoms with E-state index in [2.05, 4.69) is 4.99 Å². The van der Waals surface area contributed by atoms with Crippen molar-refractivity contribution in [2.24, 2.45) is 4.99 Å². The van der Waals surface area contributed by atoms with Crippen LogP contribution in [0.25, 0.3) is 22.3 Å². The Kier molecular flexibility index (Phi) is 6.79. The van der Waals surface area contributed by atoms with Crippen LogP contribution in [0.1, 0.15) is 24.1 Å². The van der Waals surface area contributed by atoms with E-state index in [4.69, 9.17) is 14.6 Å². The van der Waals surface area contributed by atoms with Crippen molar-refractivity contribution < 1.29 is 14.3 Å². The van der Waals surface area contributed by atoms with Crippen molar-refractivity contribution in [3.8, 4) is 22.0 Å². The Morgan fingerprint density at radius 2 is 1.80 bits per heavy atom. The number of carbonyl (C=O) groups is 1. The van der Waals surface area contributed by atoms with Crippen LogP contribution in [0.5, 0.6) is 5.75 Å². The molecule has 0 unspecified atom stereocenters. The van der Waals surface area contributed by atoms with Gasteiger partial charge in [-0.15, -0.1) is 11.3 Å². The predicted molar refractivity (Wildman–Crippen MR) is 156 cm³/mol. The van der Waals surface area contributed by atoms with Crippen LogP contribution in [0, 0.1) is 0 Å². The molecule has 0 aliphatic carbocycles. The van der Waals surface area contributed by atoms with Crippen molar-refractivity contribution in [2.45, 2.75) is 13.0 Å². The predicted octanol–water partition coefficient (Wildman–Crippen LogP) is 4.33. The molecular weight excluding hydrogens is 544 g/mol. The van der Waals surface area contributed by atoms with Gasteiger partial charge in [-0.05, 0) is 54.3 Å². The number of thiazole rings is 1. The number of nitrogens with zero attached hydrogens (tertiary/aromatic N) is 4. The third-order valence-electron chi connectivity index (χ3n) is 6.66. The van der Waals surface area contributed by atoms with Gasteiger partial charge in [-0.2, -0.15) is 5.10 Å². The van der Waals surface area contributed by atoms with Crippen LogP contribution in [-0.2, 0) is 9.53 Å². The first-order valence-electron chi connectivity index (χ1n) is 12.4. The third-order valence-corrected chi connectivity index (χ3v) is 8.52. The monoisotopic (exact) mass is 568 g/mol. The molecule has 0 fully saturated rings. The maximum Gasteiger partial charge on any atom is 0.338 e. The number of fused-ring (bicyclic) bond motifs is 1. The highest BCUT2D eigenvalue weighted by Crippen LogP contribution is 2.32. The lowest BCUT2D eigenvalue weighted by Gasteiger charge is -2.24. The van der Waals surface area contributed by atoms with Crippen molar-refractivity contribution in [1.29, 1.82) is 0 Å². The van der Waals surface area contributed by atoms with Crippen LogP contribution in [0.2, 0.25) is 0 Å². The van der Waals surface area contributed by atoms with Gasteiger partial charge in [0.15, 0.2) is 4.80 Å². The highest BCUT2D eigenvalue weighted by atomic mass is 32.1. The Morgan fingerprint density at radius 1 is 1.02 bits per heavy atom. The Balaban J connectivity index is 1.55. The smallest absolute Gasteiger partial charge is 0.338 e. The molecule has 200 valence electrons. The molecule has 0 amide bonds. The van der Waals surface area contributed by atoms with E-state index in [0.29, 0.717) is 26.4 Å². The fraction of sp³-hybridized carbons (Fsp3) is 0.133. The number of carbonyl (C=O) groups excluding carboxylic acids is 1. The van der Waals surface area contributed by atoms with Gasteiger partial charge < -0.3 is 9.47 Å². The number of allylic oxidation sites excluding steroid dienone is 1. The molecule has 6 rings (SSSR count).